The van der Waals surface area contributed by atoms with Crippen molar-refractivity contribution in [2.24, 2.45) is 0 Å². The predicted molar refractivity (Wildman–Crippen MR) is 60.3 cm³/mol. The van der Waals surface area contributed by atoms with Gasteiger partial charge in [0.15, 0.2) is 11.1 Å². The molecule has 1 aromatic rings. The lowest BCUT2D eigenvalue weighted by atomic mass is 10.1. The van der Waals surface area contributed by atoms with Gasteiger partial charge in [0.1, 0.15) is 6.61 Å². The minimum absolute atomic E-state index is 0.0822. The molecule has 0 radical (unpaired) electrons. The first-order chi connectivity index (χ1) is 7.63. The van der Waals surface area contributed by atoms with Gasteiger partial charge in [-0.15, -0.1) is 0 Å². The van der Waals surface area contributed by atoms with Crippen LogP contribution in [-0.4, -0.2) is 21.3 Å². The van der Waals surface area contributed by atoms with E-state index < -0.39 is 11.1 Å². The van der Waals surface area contributed by atoms with Gasteiger partial charge in [0.05, 0.1) is 11.3 Å². The molecule has 0 aliphatic rings. The Hall–Kier alpha value is -1.46. The Kier molecular flexibility index (Phi) is 4.88. The first kappa shape index (κ1) is 12.6. The van der Waals surface area contributed by atoms with Crippen molar-refractivity contribution in [3.63, 3.8) is 0 Å². The third kappa shape index (κ3) is 3.96. The Labute approximate surface area is 96.2 Å². The van der Waals surface area contributed by atoms with Crippen molar-refractivity contribution in [2.45, 2.75) is 11.3 Å². The average molecular weight is 240 g/mol. The molecule has 86 valence electrons. The topological polar surface area (TPSA) is 63.6 Å². The van der Waals surface area contributed by atoms with Gasteiger partial charge in [-0.1, -0.05) is 24.8 Å². The summed E-state index contributed by atoms with van der Waals surface area (Å²) >= 11 is -2.03. The van der Waals surface area contributed by atoms with Crippen LogP contribution in [0, 0.1) is 0 Å². The van der Waals surface area contributed by atoms with Crippen LogP contribution in [0.5, 0.6) is 0 Å². The zero-order valence-corrected chi connectivity index (χ0v) is 9.40. The number of hydrogen-bond donors (Lipinski definition) is 1. The van der Waals surface area contributed by atoms with E-state index in [1.165, 1.54) is 18.2 Å². The molecule has 0 aromatic heterocycles. The van der Waals surface area contributed by atoms with Gasteiger partial charge < -0.3 is 9.29 Å². The average Bonchev–Trinajstić information content (AvgIpc) is 2.26. The van der Waals surface area contributed by atoms with E-state index in [0.29, 0.717) is 5.56 Å². The summed E-state index contributed by atoms with van der Waals surface area (Å²) < 4.78 is 24.5. The molecule has 4 nitrogen and oxygen atoms in total. The summed E-state index contributed by atoms with van der Waals surface area (Å²) in [6.45, 7) is 3.60. The van der Waals surface area contributed by atoms with E-state index >= 15 is 0 Å². The number of rotatable bonds is 5. The van der Waals surface area contributed by atoms with Crippen LogP contribution in [0.15, 0.2) is 41.8 Å². The smallest absolute Gasteiger partial charge is 0.310 e. The van der Waals surface area contributed by atoms with Gasteiger partial charge in [0.25, 0.3) is 0 Å². The highest BCUT2D eigenvalue weighted by Gasteiger charge is 2.06. The van der Waals surface area contributed by atoms with Crippen LogP contribution < -0.4 is 0 Å². The van der Waals surface area contributed by atoms with E-state index in [9.17, 15) is 9.00 Å². The number of ether oxygens (including phenoxy) is 1. The number of carbonyl (C=O) groups excluding carboxylic acids is 1. The van der Waals surface area contributed by atoms with Crippen molar-refractivity contribution >= 4 is 17.0 Å². The minimum atomic E-state index is -2.03. The minimum Gasteiger partial charge on any atom is -0.461 e. The zero-order valence-electron chi connectivity index (χ0n) is 8.59. The molecule has 5 heteroatoms. The summed E-state index contributed by atoms with van der Waals surface area (Å²) in [7, 11) is 0. The molecular formula is C11H12O4S. The summed E-state index contributed by atoms with van der Waals surface area (Å²) in [6.07, 6.45) is 1.57. The van der Waals surface area contributed by atoms with Crippen LogP contribution in [0.25, 0.3) is 0 Å². The lowest BCUT2D eigenvalue weighted by molar-refractivity contribution is -0.141. The number of esters is 1. The summed E-state index contributed by atoms with van der Waals surface area (Å²) in [5, 5.41) is 0. The predicted octanol–water partition coefficient (Wildman–Crippen LogP) is 1.54. The molecule has 1 atom stereocenters. The van der Waals surface area contributed by atoms with Crippen LogP contribution in [0.3, 0.4) is 0 Å². The second kappa shape index (κ2) is 6.19. The molecule has 0 heterocycles. The molecule has 0 aliphatic heterocycles. The highest BCUT2D eigenvalue weighted by atomic mass is 32.2. The number of hydrogen-bond acceptors (Lipinski definition) is 3. The molecule has 1 rings (SSSR count). The lowest BCUT2D eigenvalue weighted by Crippen LogP contribution is -2.08. The normalized spacial score (nSPS) is 11.8. The van der Waals surface area contributed by atoms with E-state index in [1.807, 2.05) is 0 Å². The Morgan fingerprint density at radius 3 is 2.94 bits per heavy atom. The Bertz CT molecular complexity index is 414. The maximum absolute atomic E-state index is 11.2. The molecule has 1 aromatic carbocycles. The van der Waals surface area contributed by atoms with E-state index in [2.05, 4.69) is 6.58 Å². The highest BCUT2D eigenvalue weighted by molar-refractivity contribution is 7.79. The molecule has 1 N–H and O–H groups in total. The Balaban J connectivity index is 2.66. The van der Waals surface area contributed by atoms with Crippen molar-refractivity contribution in [3.8, 4) is 0 Å². The van der Waals surface area contributed by atoms with E-state index in [-0.39, 0.29) is 23.9 Å². The maximum Gasteiger partial charge on any atom is 0.310 e. The lowest BCUT2D eigenvalue weighted by Gasteiger charge is -2.03. The van der Waals surface area contributed by atoms with Gasteiger partial charge in [-0.2, -0.15) is 0 Å². The zero-order chi connectivity index (χ0) is 12.0. The van der Waals surface area contributed by atoms with Crippen LogP contribution in [0.4, 0.5) is 0 Å². The van der Waals surface area contributed by atoms with E-state index in [4.69, 9.17) is 9.29 Å². The maximum atomic E-state index is 11.2. The first-order valence-electron chi connectivity index (χ1n) is 4.60. The van der Waals surface area contributed by atoms with Gasteiger partial charge >= 0.3 is 5.97 Å². The van der Waals surface area contributed by atoms with Gasteiger partial charge in [-0.3, -0.25) is 4.79 Å². The summed E-state index contributed by atoms with van der Waals surface area (Å²) in [5.74, 6) is -0.388. The quantitative estimate of drug-likeness (QED) is 0.481. The summed E-state index contributed by atoms with van der Waals surface area (Å²) in [4.78, 5) is 11.5. The Morgan fingerprint density at radius 2 is 2.31 bits per heavy atom. The van der Waals surface area contributed by atoms with Gasteiger partial charge in [0.2, 0.25) is 0 Å². The van der Waals surface area contributed by atoms with Crippen LogP contribution >= 0.6 is 0 Å². The molecule has 0 bridgehead atoms. The van der Waals surface area contributed by atoms with Crippen LogP contribution in [0.2, 0.25) is 0 Å². The molecule has 16 heavy (non-hydrogen) atoms. The summed E-state index contributed by atoms with van der Waals surface area (Å²) in [5.41, 5.74) is 0.647. The van der Waals surface area contributed by atoms with Crippen LogP contribution in [0.1, 0.15) is 5.56 Å². The largest absolute Gasteiger partial charge is 0.461 e. The van der Waals surface area contributed by atoms with Crippen molar-refractivity contribution in [3.05, 3.63) is 42.5 Å². The van der Waals surface area contributed by atoms with Gasteiger partial charge in [-0.05, 0) is 17.7 Å². The number of benzene rings is 1. The fourth-order valence-electron chi connectivity index (χ4n) is 1.13. The van der Waals surface area contributed by atoms with Gasteiger partial charge in [0, 0.05) is 0 Å². The fourth-order valence-corrected chi connectivity index (χ4v) is 1.58. The molecule has 0 aliphatic carbocycles. The molecule has 0 spiro atoms. The monoisotopic (exact) mass is 240 g/mol. The molecular weight excluding hydrogens is 228 g/mol. The molecule has 1 unspecified atom stereocenters. The third-order valence-corrected chi connectivity index (χ3v) is 2.47. The standard InChI is InChI=1S/C11H12O4S/c1-2-6-15-11(12)8-9-4-3-5-10(7-9)16(13)14/h2-5,7H,1,6,8H2,(H,13,14). The Morgan fingerprint density at radius 1 is 1.56 bits per heavy atom. The number of carbonyl (C=O) groups is 1. The second-order valence-electron chi connectivity index (χ2n) is 3.05. The molecule has 0 saturated carbocycles. The van der Waals surface area contributed by atoms with Crippen molar-refractivity contribution in [2.75, 3.05) is 6.61 Å². The molecule has 0 fully saturated rings. The fraction of sp³-hybridized carbons (Fsp3) is 0.182. The van der Waals surface area contributed by atoms with Crippen molar-refractivity contribution < 1.29 is 18.3 Å². The van der Waals surface area contributed by atoms with Crippen molar-refractivity contribution in [1.82, 2.24) is 0 Å². The van der Waals surface area contributed by atoms with E-state index in [1.54, 1.807) is 12.1 Å². The first-order valence-corrected chi connectivity index (χ1v) is 5.70. The highest BCUT2D eigenvalue weighted by Crippen LogP contribution is 2.09. The molecule has 0 saturated heterocycles. The summed E-state index contributed by atoms with van der Waals surface area (Å²) in [6, 6.07) is 6.35. The van der Waals surface area contributed by atoms with Crippen molar-refractivity contribution in [1.29, 1.82) is 0 Å². The third-order valence-electron chi connectivity index (χ3n) is 1.81. The SMILES string of the molecule is C=CCOC(=O)Cc1cccc(S(=O)O)c1. The molecule has 0 amide bonds. The van der Waals surface area contributed by atoms with Crippen LogP contribution in [-0.2, 0) is 27.0 Å². The van der Waals surface area contributed by atoms with Gasteiger partial charge in [-0.25, -0.2) is 4.21 Å². The van der Waals surface area contributed by atoms with E-state index in [0.717, 1.165) is 0 Å². The second-order valence-corrected chi connectivity index (χ2v) is 4.01.